The van der Waals surface area contributed by atoms with Gasteiger partial charge >= 0.3 is 0 Å². The third-order valence-corrected chi connectivity index (χ3v) is 4.23. The zero-order valence-corrected chi connectivity index (χ0v) is 12.5. The summed E-state index contributed by atoms with van der Waals surface area (Å²) in [6.45, 7) is 3.70. The van der Waals surface area contributed by atoms with E-state index in [-0.39, 0.29) is 5.91 Å². The quantitative estimate of drug-likeness (QED) is 0.842. The van der Waals surface area contributed by atoms with E-state index in [0.717, 1.165) is 25.9 Å². The minimum absolute atomic E-state index is 0.269. The minimum Gasteiger partial charge on any atom is -0.338 e. The van der Waals surface area contributed by atoms with Gasteiger partial charge in [-0.25, -0.2) is 0 Å². The van der Waals surface area contributed by atoms with Gasteiger partial charge in [-0.05, 0) is 36.5 Å². The molecule has 2 heteroatoms. The molecular formula is C19H21NO. The van der Waals surface area contributed by atoms with Crippen molar-refractivity contribution in [3.05, 3.63) is 70.8 Å². The highest BCUT2D eigenvalue weighted by molar-refractivity contribution is 5.76. The number of hydrogen-bond acceptors (Lipinski definition) is 1. The molecular weight excluding hydrogens is 258 g/mol. The maximum atomic E-state index is 12.4. The number of carbonyl (C=O) groups is 1. The van der Waals surface area contributed by atoms with Gasteiger partial charge in [0.1, 0.15) is 0 Å². The molecule has 0 aliphatic carbocycles. The molecule has 0 saturated heterocycles. The summed E-state index contributed by atoms with van der Waals surface area (Å²) < 4.78 is 0. The summed E-state index contributed by atoms with van der Waals surface area (Å²) in [5.41, 5.74) is 5.19. The van der Waals surface area contributed by atoms with Gasteiger partial charge in [0.25, 0.3) is 0 Å². The Morgan fingerprint density at radius 2 is 1.76 bits per heavy atom. The average molecular weight is 279 g/mol. The maximum absolute atomic E-state index is 12.4. The van der Waals surface area contributed by atoms with Crippen molar-refractivity contribution in [3.8, 4) is 0 Å². The lowest BCUT2D eigenvalue weighted by atomic mass is 9.99. The van der Waals surface area contributed by atoms with Crippen molar-refractivity contribution in [2.75, 3.05) is 6.54 Å². The van der Waals surface area contributed by atoms with Gasteiger partial charge in [0.15, 0.2) is 0 Å². The second-order valence-corrected chi connectivity index (χ2v) is 5.82. The number of nitrogens with zero attached hydrogens (tertiary/aromatic N) is 1. The van der Waals surface area contributed by atoms with Crippen LogP contribution in [0.25, 0.3) is 0 Å². The van der Waals surface area contributed by atoms with Crippen LogP contribution in [0.3, 0.4) is 0 Å². The van der Waals surface area contributed by atoms with Crippen molar-refractivity contribution in [2.24, 2.45) is 0 Å². The second-order valence-electron chi connectivity index (χ2n) is 5.82. The zero-order chi connectivity index (χ0) is 14.7. The largest absolute Gasteiger partial charge is 0.338 e. The average Bonchev–Trinajstić information content (AvgIpc) is 2.53. The van der Waals surface area contributed by atoms with E-state index in [1.165, 1.54) is 22.3 Å². The molecule has 0 radical (unpaired) electrons. The monoisotopic (exact) mass is 279 g/mol. The Bertz CT molecular complexity index is 630. The van der Waals surface area contributed by atoms with Gasteiger partial charge in [-0.15, -0.1) is 0 Å². The highest BCUT2D eigenvalue weighted by Crippen LogP contribution is 2.19. The molecule has 1 aliphatic rings. The molecule has 2 aromatic rings. The smallest absolute Gasteiger partial charge is 0.223 e. The number of carbonyl (C=O) groups excluding carboxylic acids is 1. The molecule has 3 rings (SSSR count). The topological polar surface area (TPSA) is 20.3 Å². The predicted molar refractivity (Wildman–Crippen MR) is 85.1 cm³/mol. The summed E-state index contributed by atoms with van der Waals surface area (Å²) in [6.07, 6.45) is 2.41. The van der Waals surface area contributed by atoms with Gasteiger partial charge in [-0.3, -0.25) is 4.79 Å². The minimum atomic E-state index is 0.269. The number of rotatable bonds is 3. The van der Waals surface area contributed by atoms with Gasteiger partial charge in [0.05, 0.1) is 0 Å². The van der Waals surface area contributed by atoms with Crippen molar-refractivity contribution in [1.29, 1.82) is 0 Å². The Labute approximate surface area is 126 Å². The van der Waals surface area contributed by atoms with E-state index in [4.69, 9.17) is 0 Å². The Hall–Kier alpha value is -2.09. The summed E-state index contributed by atoms with van der Waals surface area (Å²) in [4.78, 5) is 14.4. The van der Waals surface area contributed by atoms with E-state index in [1.807, 2.05) is 4.90 Å². The van der Waals surface area contributed by atoms with Crippen LogP contribution < -0.4 is 0 Å². The molecule has 0 aromatic heterocycles. The van der Waals surface area contributed by atoms with E-state index >= 15 is 0 Å². The molecule has 0 fully saturated rings. The molecule has 0 spiro atoms. The van der Waals surface area contributed by atoms with Crippen LogP contribution >= 0.6 is 0 Å². The molecule has 0 unspecified atom stereocenters. The van der Waals surface area contributed by atoms with Crippen LogP contribution in [0, 0.1) is 6.92 Å². The fourth-order valence-electron chi connectivity index (χ4n) is 2.87. The number of hydrogen-bond donors (Lipinski definition) is 0. The Morgan fingerprint density at radius 1 is 1.05 bits per heavy atom. The van der Waals surface area contributed by atoms with Crippen LogP contribution in [-0.4, -0.2) is 17.4 Å². The van der Waals surface area contributed by atoms with E-state index in [0.29, 0.717) is 6.42 Å². The normalized spacial score (nSPS) is 13.9. The molecule has 0 atom stereocenters. The van der Waals surface area contributed by atoms with E-state index in [1.54, 1.807) is 0 Å². The van der Waals surface area contributed by atoms with Crippen molar-refractivity contribution in [1.82, 2.24) is 4.90 Å². The summed E-state index contributed by atoms with van der Waals surface area (Å²) in [6, 6.07) is 16.9. The van der Waals surface area contributed by atoms with Gasteiger partial charge in [-0.1, -0.05) is 54.1 Å². The summed E-state index contributed by atoms with van der Waals surface area (Å²) >= 11 is 0. The first-order valence-electron chi connectivity index (χ1n) is 7.62. The van der Waals surface area contributed by atoms with Gasteiger partial charge in [-0.2, -0.15) is 0 Å². The fraction of sp³-hybridized carbons (Fsp3) is 0.316. The second kappa shape index (κ2) is 6.13. The van der Waals surface area contributed by atoms with Gasteiger partial charge in [0, 0.05) is 19.5 Å². The summed E-state index contributed by atoms with van der Waals surface area (Å²) in [7, 11) is 0. The first kappa shape index (κ1) is 13.9. The lowest BCUT2D eigenvalue weighted by molar-refractivity contribution is -0.132. The molecule has 2 nitrogen and oxygen atoms in total. The van der Waals surface area contributed by atoms with Crippen molar-refractivity contribution in [3.63, 3.8) is 0 Å². The zero-order valence-electron chi connectivity index (χ0n) is 12.5. The van der Waals surface area contributed by atoms with E-state index < -0.39 is 0 Å². The van der Waals surface area contributed by atoms with Crippen LogP contribution in [0.4, 0.5) is 0 Å². The van der Waals surface area contributed by atoms with Crippen LogP contribution in [-0.2, 0) is 24.2 Å². The molecule has 0 bridgehead atoms. The molecule has 1 heterocycles. The number of amides is 1. The molecule has 1 amide bonds. The van der Waals surface area contributed by atoms with E-state index in [2.05, 4.69) is 55.5 Å². The van der Waals surface area contributed by atoms with Crippen LogP contribution in [0.2, 0.25) is 0 Å². The predicted octanol–water partition coefficient (Wildman–Crippen LogP) is 3.51. The van der Waals surface area contributed by atoms with Crippen molar-refractivity contribution in [2.45, 2.75) is 32.7 Å². The fourth-order valence-corrected chi connectivity index (χ4v) is 2.87. The number of benzene rings is 2. The standard InChI is InChI=1S/C19H21NO/c1-15-6-8-16(9-7-15)10-11-19(21)20-13-12-17-4-2-3-5-18(17)14-20/h2-9H,10-14H2,1H3. The van der Waals surface area contributed by atoms with Gasteiger partial charge in [0.2, 0.25) is 5.91 Å². The first-order valence-corrected chi connectivity index (χ1v) is 7.62. The lowest BCUT2D eigenvalue weighted by Gasteiger charge is -2.29. The Balaban J connectivity index is 1.58. The first-order chi connectivity index (χ1) is 10.2. The van der Waals surface area contributed by atoms with Crippen LogP contribution in [0.5, 0.6) is 0 Å². The SMILES string of the molecule is Cc1ccc(CCC(=O)N2CCc3ccccc3C2)cc1. The summed E-state index contributed by atoms with van der Waals surface area (Å²) in [5, 5.41) is 0. The molecule has 108 valence electrons. The molecule has 2 aromatic carbocycles. The van der Waals surface area contributed by atoms with Crippen LogP contribution in [0.15, 0.2) is 48.5 Å². The highest BCUT2D eigenvalue weighted by Gasteiger charge is 2.19. The third kappa shape index (κ3) is 3.33. The van der Waals surface area contributed by atoms with Crippen LogP contribution in [0.1, 0.15) is 28.7 Å². The Morgan fingerprint density at radius 3 is 2.52 bits per heavy atom. The third-order valence-electron chi connectivity index (χ3n) is 4.23. The van der Waals surface area contributed by atoms with E-state index in [9.17, 15) is 4.79 Å². The summed E-state index contributed by atoms with van der Waals surface area (Å²) in [5.74, 6) is 0.269. The van der Waals surface area contributed by atoms with Crippen molar-refractivity contribution < 1.29 is 4.79 Å². The molecule has 1 aliphatic heterocycles. The van der Waals surface area contributed by atoms with Crippen molar-refractivity contribution >= 4 is 5.91 Å². The molecule has 0 N–H and O–H groups in total. The molecule has 0 saturated carbocycles. The molecule has 21 heavy (non-hydrogen) atoms. The number of fused-ring (bicyclic) bond motifs is 1. The maximum Gasteiger partial charge on any atom is 0.223 e. The Kier molecular flexibility index (Phi) is 4.05. The highest BCUT2D eigenvalue weighted by atomic mass is 16.2. The lowest BCUT2D eigenvalue weighted by Crippen LogP contribution is -2.36. The van der Waals surface area contributed by atoms with Gasteiger partial charge < -0.3 is 4.90 Å². The number of aryl methyl sites for hydroxylation is 2.